The number of rotatable bonds is 13. The molecular formula is C31H41N3O. The first-order valence-electron chi connectivity index (χ1n) is 12.9. The molecule has 4 nitrogen and oxygen atoms in total. The second-order valence-electron chi connectivity index (χ2n) is 9.48. The third-order valence-corrected chi connectivity index (χ3v) is 6.90. The molecule has 3 atom stereocenters. The number of allylic oxidation sites excluding steroid dienone is 1. The summed E-state index contributed by atoms with van der Waals surface area (Å²) in [6.07, 6.45) is 10.7. The molecule has 1 heterocycles. The predicted octanol–water partition coefficient (Wildman–Crippen LogP) is 5.94. The van der Waals surface area contributed by atoms with E-state index >= 15 is 0 Å². The summed E-state index contributed by atoms with van der Waals surface area (Å²) in [6.45, 7) is 14.5. The van der Waals surface area contributed by atoms with E-state index in [4.69, 9.17) is 0 Å². The Hall–Kier alpha value is -3.27. The monoisotopic (exact) mass is 471 g/mol. The summed E-state index contributed by atoms with van der Waals surface area (Å²) in [5.74, 6) is 0.649. The molecule has 1 N–H and O–H groups in total. The summed E-state index contributed by atoms with van der Waals surface area (Å²) in [5.41, 5.74) is 3.46. The lowest BCUT2D eigenvalue weighted by Gasteiger charge is -2.43. The zero-order valence-electron chi connectivity index (χ0n) is 21.4. The zero-order chi connectivity index (χ0) is 25.0. The quantitative estimate of drug-likeness (QED) is 0.393. The minimum absolute atomic E-state index is 0.0846. The van der Waals surface area contributed by atoms with Crippen LogP contribution in [0, 0.1) is 5.92 Å². The molecule has 2 unspecified atom stereocenters. The van der Waals surface area contributed by atoms with Crippen LogP contribution in [0.4, 0.5) is 0 Å². The van der Waals surface area contributed by atoms with E-state index in [0.717, 1.165) is 50.9 Å². The second-order valence-corrected chi connectivity index (χ2v) is 9.48. The summed E-state index contributed by atoms with van der Waals surface area (Å²) >= 11 is 0. The highest BCUT2D eigenvalue weighted by atomic mass is 16.2. The summed E-state index contributed by atoms with van der Waals surface area (Å²) in [6, 6.07) is 20.4. The minimum atomic E-state index is -0.206. The molecule has 186 valence electrons. The van der Waals surface area contributed by atoms with Crippen LogP contribution in [0.1, 0.15) is 44.2 Å². The molecule has 0 radical (unpaired) electrons. The molecule has 4 heteroatoms. The molecule has 35 heavy (non-hydrogen) atoms. The number of hydrogen-bond donors (Lipinski definition) is 1. The predicted molar refractivity (Wildman–Crippen MR) is 147 cm³/mol. The minimum Gasteiger partial charge on any atom is -0.362 e. The van der Waals surface area contributed by atoms with Crippen molar-refractivity contribution in [3.63, 3.8) is 0 Å². The van der Waals surface area contributed by atoms with Gasteiger partial charge < -0.3 is 15.1 Å². The fourth-order valence-electron chi connectivity index (χ4n) is 4.49. The molecule has 0 aromatic heterocycles. The largest absolute Gasteiger partial charge is 0.362 e. The van der Waals surface area contributed by atoms with Crippen molar-refractivity contribution in [2.75, 3.05) is 13.1 Å². The summed E-state index contributed by atoms with van der Waals surface area (Å²) in [7, 11) is 0. The van der Waals surface area contributed by atoms with E-state index in [2.05, 4.69) is 90.8 Å². The number of carbonyl (C=O) groups is 1. The van der Waals surface area contributed by atoms with E-state index in [1.807, 2.05) is 30.5 Å². The molecule has 1 fully saturated rings. The van der Waals surface area contributed by atoms with Crippen molar-refractivity contribution in [2.45, 2.75) is 58.0 Å². The summed E-state index contributed by atoms with van der Waals surface area (Å²) in [4.78, 5) is 17.7. The number of piperazine rings is 1. The molecule has 1 aliphatic heterocycles. The van der Waals surface area contributed by atoms with Crippen LogP contribution in [0.5, 0.6) is 0 Å². The van der Waals surface area contributed by atoms with Gasteiger partial charge in [0.15, 0.2) is 0 Å². The number of hydrogen-bond acceptors (Lipinski definition) is 3. The highest BCUT2D eigenvalue weighted by Gasteiger charge is 2.36. The molecule has 0 spiro atoms. The first-order chi connectivity index (χ1) is 17.0. The van der Waals surface area contributed by atoms with Crippen LogP contribution in [0.3, 0.4) is 0 Å². The van der Waals surface area contributed by atoms with Crippen molar-refractivity contribution in [3.8, 4) is 0 Å². The van der Waals surface area contributed by atoms with Crippen LogP contribution in [0.25, 0.3) is 0 Å². The van der Waals surface area contributed by atoms with Gasteiger partial charge in [-0.2, -0.15) is 0 Å². The van der Waals surface area contributed by atoms with E-state index in [1.165, 1.54) is 11.1 Å². The van der Waals surface area contributed by atoms with E-state index in [9.17, 15) is 4.79 Å². The molecule has 1 amide bonds. The molecule has 3 rings (SSSR count). The van der Waals surface area contributed by atoms with E-state index in [-0.39, 0.29) is 18.0 Å². The van der Waals surface area contributed by atoms with Crippen molar-refractivity contribution in [2.24, 2.45) is 5.92 Å². The van der Waals surface area contributed by atoms with Crippen molar-refractivity contribution in [1.29, 1.82) is 0 Å². The normalized spacial score (nSPS) is 19.0. The average molecular weight is 472 g/mol. The molecule has 0 aliphatic carbocycles. The fourth-order valence-corrected chi connectivity index (χ4v) is 4.49. The lowest BCUT2D eigenvalue weighted by Crippen LogP contribution is -2.59. The number of aryl methyl sites for hydroxylation is 1. The first-order valence-corrected chi connectivity index (χ1v) is 12.9. The van der Waals surface area contributed by atoms with Gasteiger partial charge in [0.2, 0.25) is 5.91 Å². The van der Waals surface area contributed by atoms with Crippen LogP contribution in [0.15, 0.2) is 98.0 Å². The first kappa shape index (κ1) is 26.3. The Morgan fingerprint density at radius 2 is 1.74 bits per heavy atom. The molecule has 0 bridgehead atoms. The zero-order valence-corrected chi connectivity index (χ0v) is 21.4. The van der Waals surface area contributed by atoms with Gasteiger partial charge in [-0.15, -0.1) is 0 Å². The Kier molecular flexibility index (Phi) is 10.2. The maximum Gasteiger partial charge on any atom is 0.243 e. The van der Waals surface area contributed by atoms with Crippen molar-refractivity contribution < 1.29 is 4.79 Å². The molecular weight excluding hydrogens is 430 g/mol. The number of nitrogens with zero attached hydrogens (tertiary/aromatic N) is 2. The van der Waals surface area contributed by atoms with Gasteiger partial charge in [-0.1, -0.05) is 100 Å². The highest BCUT2D eigenvalue weighted by molar-refractivity contribution is 5.84. The Balaban J connectivity index is 1.69. The molecule has 1 saturated heterocycles. The van der Waals surface area contributed by atoms with Gasteiger partial charge in [0, 0.05) is 18.8 Å². The molecule has 1 aliphatic rings. The summed E-state index contributed by atoms with van der Waals surface area (Å²) in [5, 5.41) is 3.26. The molecule has 2 aromatic carbocycles. The van der Waals surface area contributed by atoms with E-state index in [1.54, 1.807) is 0 Å². The third kappa shape index (κ3) is 7.88. The number of amides is 1. The van der Waals surface area contributed by atoms with Crippen LogP contribution in [0.2, 0.25) is 0 Å². The second kappa shape index (κ2) is 13.6. The lowest BCUT2D eigenvalue weighted by molar-refractivity contribution is -0.129. The van der Waals surface area contributed by atoms with Gasteiger partial charge in [-0.3, -0.25) is 4.79 Å². The Morgan fingerprint density at radius 3 is 2.37 bits per heavy atom. The van der Waals surface area contributed by atoms with Crippen molar-refractivity contribution in [3.05, 3.63) is 109 Å². The Bertz CT molecular complexity index is 969. The maximum atomic E-state index is 13.3. The van der Waals surface area contributed by atoms with Gasteiger partial charge in [0.1, 0.15) is 6.04 Å². The van der Waals surface area contributed by atoms with Gasteiger partial charge in [-0.25, -0.2) is 0 Å². The maximum absolute atomic E-state index is 13.3. The molecule has 0 saturated carbocycles. The number of carbonyl (C=O) groups excluding carboxylic acids is 1. The number of benzene rings is 2. The number of nitrogens with one attached hydrogen (secondary N) is 1. The SMILES string of the molecule is C=CN(/C=C\[C@H](C)CC)CCCN1C(=C)C(Cc2ccccc2)NC(=O)C1CCc1ccccc1. The van der Waals surface area contributed by atoms with Crippen LogP contribution in [-0.2, 0) is 17.6 Å². The van der Waals surface area contributed by atoms with Crippen LogP contribution < -0.4 is 5.32 Å². The van der Waals surface area contributed by atoms with Crippen molar-refractivity contribution >= 4 is 5.91 Å². The van der Waals surface area contributed by atoms with Gasteiger partial charge in [0.25, 0.3) is 0 Å². The summed E-state index contributed by atoms with van der Waals surface area (Å²) < 4.78 is 0. The average Bonchev–Trinajstić information content (AvgIpc) is 2.89. The lowest BCUT2D eigenvalue weighted by atomic mass is 9.95. The van der Waals surface area contributed by atoms with Crippen molar-refractivity contribution in [1.82, 2.24) is 15.1 Å². The fraction of sp³-hybridized carbons (Fsp3) is 0.387. The topological polar surface area (TPSA) is 35.6 Å². The smallest absolute Gasteiger partial charge is 0.243 e. The van der Waals surface area contributed by atoms with Crippen LogP contribution in [-0.4, -0.2) is 40.9 Å². The van der Waals surface area contributed by atoms with Crippen LogP contribution >= 0.6 is 0 Å². The van der Waals surface area contributed by atoms with Gasteiger partial charge in [-0.05, 0) is 55.1 Å². The highest BCUT2D eigenvalue weighted by Crippen LogP contribution is 2.24. The third-order valence-electron chi connectivity index (χ3n) is 6.90. The Morgan fingerprint density at radius 1 is 1.09 bits per heavy atom. The van der Waals surface area contributed by atoms with Gasteiger partial charge in [0.05, 0.1) is 6.04 Å². The van der Waals surface area contributed by atoms with E-state index < -0.39 is 0 Å². The van der Waals surface area contributed by atoms with Gasteiger partial charge >= 0.3 is 0 Å². The molecule has 2 aromatic rings. The standard InChI is InChI=1S/C31H41N3O/c1-5-25(3)20-23-33(6-2)21-13-22-34-26(4)29(24-28-16-11-8-12-17-28)32-31(35)30(34)19-18-27-14-9-7-10-15-27/h6-12,14-17,20,23,25,29-30H,2,4-5,13,18-19,21-22,24H2,1,3H3,(H,32,35)/b23-20-/t25-,29?,30?/m1/s1. The van der Waals surface area contributed by atoms with E-state index in [0.29, 0.717) is 5.92 Å². The Labute approximate surface area is 212 Å².